The summed E-state index contributed by atoms with van der Waals surface area (Å²) in [6, 6.07) is 6.13. The topological polar surface area (TPSA) is 49.8 Å². The third-order valence-corrected chi connectivity index (χ3v) is 4.65. The maximum absolute atomic E-state index is 14.3. The minimum Gasteiger partial charge on any atom is -0.465 e. The molecule has 1 aliphatic rings. The van der Waals surface area contributed by atoms with Crippen molar-refractivity contribution in [3.8, 4) is 0 Å². The first kappa shape index (κ1) is 16.7. The van der Waals surface area contributed by atoms with Gasteiger partial charge < -0.3 is 9.84 Å². The highest BCUT2D eigenvalue weighted by molar-refractivity contribution is 5.67. The zero-order chi connectivity index (χ0) is 16.2. The van der Waals surface area contributed by atoms with Crippen LogP contribution in [0.15, 0.2) is 24.3 Å². The van der Waals surface area contributed by atoms with Crippen LogP contribution in [0, 0.1) is 5.82 Å². The molecule has 0 heterocycles. The summed E-state index contributed by atoms with van der Waals surface area (Å²) >= 11 is 0. The second-order valence-electron chi connectivity index (χ2n) is 5.77. The minimum atomic E-state index is -1.28. The maximum atomic E-state index is 14.3. The fourth-order valence-electron chi connectivity index (χ4n) is 3.57. The van der Waals surface area contributed by atoms with Gasteiger partial charge >= 0.3 is 6.09 Å². The Labute approximate surface area is 130 Å². The minimum absolute atomic E-state index is 0.134. The number of ether oxygens (including phenoxy) is 1. The lowest BCUT2D eigenvalue weighted by Crippen LogP contribution is -2.55. The van der Waals surface area contributed by atoms with Gasteiger partial charge in [-0.25, -0.2) is 9.18 Å². The standard InChI is InChI=1S/C17H24FNO3/c1-3-17(22-2,14-11-7-8-12-15(14)18)19(16(20)21)13-9-5-4-6-10-13/h7-8,11-13H,3-6,9-10H2,1-2H3,(H,20,21)/t17-/m0/s1. The van der Waals surface area contributed by atoms with E-state index in [-0.39, 0.29) is 11.6 Å². The average molecular weight is 309 g/mol. The Morgan fingerprint density at radius 2 is 2.00 bits per heavy atom. The maximum Gasteiger partial charge on any atom is 0.410 e. The number of carbonyl (C=O) groups is 1. The number of benzene rings is 1. The second-order valence-corrected chi connectivity index (χ2v) is 5.77. The number of rotatable bonds is 5. The van der Waals surface area contributed by atoms with E-state index < -0.39 is 17.6 Å². The Morgan fingerprint density at radius 1 is 1.36 bits per heavy atom. The summed E-state index contributed by atoms with van der Waals surface area (Å²) in [5.74, 6) is -0.437. The molecule has 0 aliphatic heterocycles. The molecule has 1 saturated carbocycles. The Hall–Kier alpha value is -1.62. The fraction of sp³-hybridized carbons (Fsp3) is 0.588. The first-order chi connectivity index (χ1) is 10.6. The summed E-state index contributed by atoms with van der Waals surface area (Å²) < 4.78 is 20.0. The number of hydrogen-bond donors (Lipinski definition) is 1. The summed E-state index contributed by atoms with van der Waals surface area (Å²) in [4.78, 5) is 13.3. The molecule has 4 nitrogen and oxygen atoms in total. The van der Waals surface area contributed by atoms with E-state index in [1.165, 1.54) is 18.1 Å². The molecule has 0 radical (unpaired) electrons. The van der Waals surface area contributed by atoms with E-state index in [9.17, 15) is 14.3 Å². The normalized spacial score (nSPS) is 18.7. The Bertz CT molecular complexity index is 510. The van der Waals surface area contributed by atoms with Crippen LogP contribution in [0.25, 0.3) is 0 Å². The Morgan fingerprint density at radius 3 is 2.50 bits per heavy atom. The lowest BCUT2D eigenvalue weighted by atomic mass is 9.89. The van der Waals surface area contributed by atoms with Crippen molar-refractivity contribution in [1.29, 1.82) is 0 Å². The molecule has 0 aromatic heterocycles. The zero-order valence-electron chi connectivity index (χ0n) is 13.2. The summed E-state index contributed by atoms with van der Waals surface area (Å²) in [5.41, 5.74) is -0.993. The number of nitrogens with zero attached hydrogens (tertiary/aromatic N) is 1. The predicted octanol–water partition coefficient (Wildman–Crippen LogP) is 4.35. The zero-order valence-corrected chi connectivity index (χ0v) is 13.2. The molecular weight excluding hydrogens is 285 g/mol. The highest BCUT2D eigenvalue weighted by atomic mass is 19.1. The van der Waals surface area contributed by atoms with Crippen molar-refractivity contribution in [1.82, 2.24) is 4.90 Å². The second kappa shape index (κ2) is 7.09. The largest absolute Gasteiger partial charge is 0.465 e. The third-order valence-electron chi connectivity index (χ3n) is 4.65. The quantitative estimate of drug-likeness (QED) is 0.823. The number of halogens is 1. The highest BCUT2D eigenvalue weighted by Crippen LogP contribution is 2.39. The highest BCUT2D eigenvalue weighted by Gasteiger charge is 2.45. The van der Waals surface area contributed by atoms with Crippen molar-refractivity contribution in [2.45, 2.75) is 57.2 Å². The summed E-state index contributed by atoms with van der Waals surface area (Å²) in [5, 5.41) is 9.80. The lowest BCUT2D eigenvalue weighted by Gasteiger charge is -2.46. The number of amides is 1. The molecule has 2 rings (SSSR count). The molecule has 122 valence electrons. The van der Waals surface area contributed by atoms with Crippen LogP contribution in [0.4, 0.5) is 9.18 Å². The van der Waals surface area contributed by atoms with E-state index in [1.54, 1.807) is 18.2 Å². The van der Waals surface area contributed by atoms with Crippen LogP contribution in [-0.2, 0) is 10.5 Å². The Balaban J connectivity index is 2.50. The molecule has 0 bridgehead atoms. The van der Waals surface area contributed by atoms with Gasteiger partial charge in [0.15, 0.2) is 5.72 Å². The van der Waals surface area contributed by atoms with E-state index in [1.807, 2.05) is 6.92 Å². The van der Waals surface area contributed by atoms with E-state index in [0.717, 1.165) is 32.1 Å². The number of methoxy groups -OCH3 is 1. The van der Waals surface area contributed by atoms with Crippen LogP contribution in [0.3, 0.4) is 0 Å². The average Bonchev–Trinajstić information content (AvgIpc) is 2.54. The SMILES string of the molecule is CC[C@](OC)(c1ccccc1F)N(C(=O)O)C1CCCCC1. The first-order valence-corrected chi connectivity index (χ1v) is 7.89. The monoisotopic (exact) mass is 309 g/mol. The third kappa shape index (κ3) is 2.95. The summed E-state index contributed by atoms with van der Waals surface area (Å²) in [7, 11) is 1.45. The molecule has 1 amide bonds. The van der Waals surface area contributed by atoms with Gasteiger partial charge in [0.1, 0.15) is 5.82 Å². The van der Waals surface area contributed by atoms with Gasteiger partial charge in [-0.3, -0.25) is 4.90 Å². The van der Waals surface area contributed by atoms with E-state index in [4.69, 9.17) is 4.74 Å². The molecule has 5 heteroatoms. The van der Waals surface area contributed by atoms with Gasteiger partial charge in [-0.1, -0.05) is 44.4 Å². The van der Waals surface area contributed by atoms with Crippen LogP contribution in [0.2, 0.25) is 0 Å². The van der Waals surface area contributed by atoms with E-state index in [0.29, 0.717) is 6.42 Å². The van der Waals surface area contributed by atoms with Gasteiger partial charge in [-0.15, -0.1) is 0 Å². The number of carboxylic acid groups (broad SMARTS) is 1. The molecular formula is C17H24FNO3. The van der Waals surface area contributed by atoms with Crippen LogP contribution in [-0.4, -0.2) is 29.3 Å². The van der Waals surface area contributed by atoms with E-state index in [2.05, 4.69) is 0 Å². The fourth-order valence-corrected chi connectivity index (χ4v) is 3.57. The molecule has 1 aliphatic carbocycles. The van der Waals surface area contributed by atoms with Crippen LogP contribution in [0.1, 0.15) is 51.0 Å². The van der Waals surface area contributed by atoms with Gasteiger partial charge in [0.05, 0.1) is 0 Å². The van der Waals surface area contributed by atoms with Gasteiger partial charge in [-0.2, -0.15) is 0 Å². The van der Waals surface area contributed by atoms with E-state index >= 15 is 0 Å². The van der Waals surface area contributed by atoms with Crippen molar-refractivity contribution in [2.24, 2.45) is 0 Å². The summed E-state index contributed by atoms with van der Waals surface area (Å²) in [6.45, 7) is 1.83. The summed E-state index contributed by atoms with van der Waals surface area (Å²) in [6.07, 6.45) is 4.00. The van der Waals surface area contributed by atoms with Gasteiger partial charge in [0, 0.05) is 18.7 Å². The number of hydrogen-bond acceptors (Lipinski definition) is 2. The molecule has 22 heavy (non-hydrogen) atoms. The molecule has 1 fully saturated rings. The van der Waals surface area contributed by atoms with Gasteiger partial charge in [-0.05, 0) is 25.3 Å². The van der Waals surface area contributed by atoms with Crippen molar-refractivity contribution >= 4 is 6.09 Å². The smallest absolute Gasteiger partial charge is 0.410 e. The van der Waals surface area contributed by atoms with Crippen molar-refractivity contribution in [2.75, 3.05) is 7.11 Å². The predicted molar refractivity (Wildman–Crippen MR) is 82.1 cm³/mol. The molecule has 1 N–H and O–H groups in total. The molecule has 0 unspecified atom stereocenters. The van der Waals surface area contributed by atoms with Gasteiger partial charge in [0.2, 0.25) is 0 Å². The molecule has 0 spiro atoms. The van der Waals surface area contributed by atoms with Crippen molar-refractivity contribution in [3.05, 3.63) is 35.6 Å². The first-order valence-electron chi connectivity index (χ1n) is 7.89. The van der Waals surface area contributed by atoms with Crippen molar-refractivity contribution in [3.63, 3.8) is 0 Å². The lowest BCUT2D eigenvalue weighted by molar-refractivity contribution is -0.151. The van der Waals surface area contributed by atoms with Crippen LogP contribution >= 0.6 is 0 Å². The molecule has 1 aromatic rings. The van der Waals surface area contributed by atoms with Crippen molar-refractivity contribution < 1.29 is 19.0 Å². The van der Waals surface area contributed by atoms with Crippen LogP contribution < -0.4 is 0 Å². The van der Waals surface area contributed by atoms with Gasteiger partial charge in [0.25, 0.3) is 0 Å². The van der Waals surface area contributed by atoms with Crippen LogP contribution in [0.5, 0.6) is 0 Å². The molecule has 0 saturated heterocycles. The molecule has 1 aromatic carbocycles. The Kier molecular flexibility index (Phi) is 5.40. The molecule has 1 atom stereocenters.